The molecule has 0 atom stereocenters. The van der Waals surface area contributed by atoms with E-state index in [0.717, 1.165) is 25.7 Å². The Hall–Kier alpha value is -2.90. The number of ether oxygens (including phenoxy) is 1. The van der Waals surface area contributed by atoms with Gasteiger partial charge in [0.1, 0.15) is 0 Å². The lowest BCUT2D eigenvalue weighted by molar-refractivity contribution is -0.153. The van der Waals surface area contributed by atoms with E-state index in [4.69, 9.17) is 4.74 Å². The lowest BCUT2D eigenvalue weighted by atomic mass is 10.0. The van der Waals surface area contributed by atoms with Gasteiger partial charge in [0, 0.05) is 31.3 Å². The maximum Gasteiger partial charge on any atom is 0.306 e. The molecule has 0 radical (unpaired) electrons. The van der Waals surface area contributed by atoms with Crippen LogP contribution in [0.25, 0.3) is 0 Å². The molecule has 3 amide bonds. The minimum absolute atomic E-state index is 0.136. The van der Waals surface area contributed by atoms with E-state index in [0.29, 0.717) is 30.3 Å². The van der Waals surface area contributed by atoms with Crippen LogP contribution in [-0.2, 0) is 23.9 Å². The van der Waals surface area contributed by atoms with Crippen LogP contribution in [0.1, 0.15) is 46.0 Å². The monoisotopic (exact) mass is 403 g/mol. The lowest BCUT2D eigenvalue weighted by Gasteiger charge is -2.20. The Bertz CT molecular complexity index is 726. The predicted octanol–water partition coefficient (Wildman–Crippen LogP) is 2.56. The highest BCUT2D eigenvalue weighted by Gasteiger charge is 2.21. The molecular weight excluding hydrogens is 374 g/mol. The van der Waals surface area contributed by atoms with E-state index in [9.17, 15) is 19.2 Å². The number of esters is 1. The number of amides is 3. The maximum atomic E-state index is 12.3. The Morgan fingerprint density at radius 2 is 1.62 bits per heavy atom. The van der Waals surface area contributed by atoms with Crippen molar-refractivity contribution in [2.45, 2.75) is 46.0 Å². The molecule has 0 aliphatic heterocycles. The van der Waals surface area contributed by atoms with Crippen LogP contribution in [0.3, 0.4) is 0 Å². The first-order valence-electron chi connectivity index (χ1n) is 9.98. The van der Waals surface area contributed by atoms with Crippen molar-refractivity contribution >= 4 is 35.1 Å². The van der Waals surface area contributed by atoms with Gasteiger partial charge in [-0.15, -0.1) is 0 Å². The van der Waals surface area contributed by atoms with Gasteiger partial charge in [0.25, 0.3) is 5.91 Å². The van der Waals surface area contributed by atoms with E-state index in [1.807, 2.05) is 0 Å². The number of carbonyl (C=O) groups excluding carboxylic acids is 4. The molecule has 2 rings (SSSR count). The van der Waals surface area contributed by atoms with Crippen LogP contribution in [0.15, 0.2) is 24.3 Å². The van der Waals surface area contributed by atoms with E-state index in [1.165, 1.54) is 11.8 Å². The summed E-state index contributed by atoms with van der Waals surface area (Å²) in [6.07, 6.45) is 4.72. The first-order chi connectivity index (χ1) is 13.9. The van der Waals surface area contributed by atoms with Crippen molar-refractivity contribution in [3.05, 3.63) is 24.3 Å². The van der Waals surface area contributed by atoms with Gasteiger partial charge in [-0.1, -0.05) is 12.8 Å². The quantitative estimate of drug-likeness (QED) is 0.617. The average molecular weight is 403 g/mol. The van der Waals surface area contributed by atoms with Crippen molar-refractivity contribution in [1.82, 2.24) is 4.90 Å². The number of anilines is 2. The molecule has 8 heteroatoms. The molecule has 0 saturated heterocycles. The van der Waals surface area contributed by atoms with E-state index in [2.05, 4.69) is 10.6 Å². The largest absolute Gasteiger partial charge is 0.456 e. The zero-order valence-corrected chi connectivity index (χ0v) is 17.0. The normalized spacial score (nSPS) is 13.6. The third-order valence-electron chi connectivity index (χ3n) is 4.84. The van der Waals surface area contributed by atoms with Crippen molar-refractivity contribution in [1.29, 1.82) is 0 Å². The van der Waals surface area contributed by atoms with Gasteiger partial charge in [0.05, 0.1) is 6.54 Å². The second kappa shape index (κ2) is 11.2. The summed E-state index contributed by atoms with van der Waals surface area (Å²) in [5.41, 5.74) is 1.18. The molecule has 0 aromatic heterocycles. The van der Waals surface area contributed by atoms with E-state index in [1.54, 1.807) is 31.2 Å². The van der Waals surface area contributed by atoms with Crippen LogP contribution in [0.5, 0.6) is 0 Å². The van der Waals surface area contributed by atoms with Gasteiger partial charge >= 0.3 is 5.97 Å². The summed E-state index contributed by atoms with van der Waals surface area (Å²) in [7, 11) is 0. The van der Waals surface area contributed by atoms with Gasteiger partial charge in [-0.05, 0) is 49.9 Å². The Kier molecular flexibility index (Phi) is 8.64. The van der Waals surface area contributed by atoms with Crippen LogP contribution in [0, 0.1) is 5.92 Å². The zero-order chi connectivity index (χ0) is 21.2. The third kappa shape index (κ3) is 7.93. The number of likely N-dealkylation sites (N-methyl/N-ethyl adjacent to an activating group) is 1. The van der Waals surface area contributed by atoms with Crippen LogP contribution in [-0.4, -0.2) is 48.3 Å². The standard InChI is InChI=1S/C21H29N3O5/c1-3-24(20(27)14-29-21(28)12-16-6-4-5-7-16)13-19(26)23-18-10-8-17(9-11-18)22-15(2)25/h8-11,16H,3-7,12-14H2,1-2H3,(H,22,25)(H,23,26). The van der Waals surface area contributed by atoms with Gasteiger partial charge in [-0.2, -0.15) is 0 Å². The average Bonchev–Trinajstić information content (AvgIpc) is 3.18. The minimum atomic E-state index is -0.400. The topological polar surface area (TPSA) is 105 Å². The fraction of sp³-hybridized carbons (Fsp3) is 0.524. The highest BCUT2D eigenvalue weighted by Crippen LogP contribution is 2.27. The molecule has 158 valence electrons. The molecule has 1 aliphatic rings. The summed E-state index contributed by atoms with van der Waals surface area (Å²) < 4.78 is 5.10. The number of nitrogens with one attached hydrogen (secondary N) is 2. The van der Waals surface area contributed by atoms with Crippen molar-refractivity contribution < 1.29 is 23.9 Å². The summed E-state index contributed by atoms with van der Waals surface area (Å²) in [5, 5.41) is 5.34. The smallest absolute Gasteiger partial charge is 0.306 e. The highest BCUT2D eigenvalue weighted by atomic mass is 16.5. The summed E-state index contributed by atoms with van der Waals surface area (Å²) in [6, 6.07) is 6.66. The molecule has 0 spiro atoms. The molecular formula is C21H29N3O5. The molecule has 0 unspecified atom stereocenters. The molecule has 1 aliphatic carbocycles. The molecule has 8 nitrogen and oxygen atoms in total. The van der Waals surface area contributed by atoms with Gasteiger partial charge in [0.2, 0.25) is 11.8 Å². The van der Waals surface area contributed by atoms with Gasteiger partial charge < -0.3 is 20.3 Å². The maximum absolute atomic E-state index is 12.3. The Morgan fingerprint density at radius 3 is 2.17 bits per heavy atom. The van der Waals surface area contributed by atoms with Crippen molar-refractivity contribution in [2.24, 2.45) is 5.92 Å². The fourth-order valence-corrected chi connectivity index (χ4v) is 3.33. The molecule has 29 heavy (non-hydrogen) atoms. The second-order valence-corrected chi connectivity index (χ2v) is 7.23. The first-order valence-corrected chi connectivity index (χ1v) is 9.98. The number of hydrogen-bond acceptors (Lipinski definition) is 5. The minimum Gasteiger partial charge on any atom is -0.456 e. The van der Waals surface area contributed by atoms with Gasteiger partial charge in [-0.25, -0.2) is 0 Å². The SMILES string of the molecule is CCN(CC(=O)Nc1ccc(NC(C)=O)cc1)C(=O)COC(=O)CC1CCCC1. The summed E-state index contributed by atoms with van der Waals surface area (Å²) >= 11 is 0. The molecule has 1 aromatic carbocycles. The molecule has 2 N–H and O–H groups in total. The number of hydrogen-bond donors (Lipinski definition) is 2. The van der Waals surface area contributed by atoms with Gasteiger partial charge in [0.15, 0.2) is 6.61 Å². The lowest BCUT2D eigenvalue weighted by Crippen LogP contribution is -2.40. The predicted molar refractivity (Wildman–Crippen MR) is 109 cm³/mol. The van der Waals surface area contributed by atoms with Crippen LogP contribution in [0.4, 0.5) is 11.4 Å². The highest BCUT2D eigenvalue weighted by molar-refractivity contribution is 5.95. The molecule has 1 fully saturated rings. The molecule has 1 aromatic rings. The van der Waals surface area contributed by atoms with Crippen LogP contribution < -0.4 is 10.6 Å². The summed E-state index contributed by atoms with van der Waals surface area (Å²) in [4.78, 5) is 48.8. The Morgan fingerprint density at radius 1 is 1.03 bits per heavy atom. The molecule has 0 bridgehead atoms. The zero-order valence-electron chi connectivity index (χ0n) is 17.0. The summed E-state index contributed by atoms with van der Waals surface area (Å²) in [6.45, 7) is 3.01. The number of carbonyl (C=O) groups is 4. The van der Waals surface area contributed by atoms with Crippen molar-refractivity contribution in [3.8, 4) is 0 Å². The number of rotatable bonds is 9. The van der Waals surface area contributed by atoms with Crippen molar-refractivity contribution in [3.63, 3.8) is 0 Å². The Balaban J connectivity index is 1.76. The van der Waals surface area contributed by atoms with Gasteiger partial charge in [-0.3, -0.25) is 19.2 Å². The summed E-state index contributed by atoms with van der Waals surface area (Å²) in [5.74, 6) is -0.927. The number of nitrogens with zero attached hydrogens (tertiary/aromatic N) is 1. The van der Waals surface area contributed by atoms with Crippen LogP contribution in [0.2, 0.25) is 0 Å². The first kappa shape index (κ1) is 22.4. The van der Waals surface area contributed by atoms with E-state index < -0.39 is 5.91 Å². The second-order valence-electron chi connectivity index (χ2n) is 7.23. The Labute approximate surface area is 171 Å². The third-order valence-corrected chi connectivity index (χ3v) is 4.84. The van der Waals surface area contributed by atoms with E-state index in [-0.39, 0.29) is 30.9 Å². The van der Waals surface area contributed by atoms with Crippen LogP contribution >= 0.6 is 0 Å². The number of benzene rings is 1. The van der Waals surface area contributed by atoms with E-state index >= 15 is 0 Å². The molecule has 0 heterocycles. The fourth-order valence-electron chi connectivity index (χ4n) is 3.33. The molecule has 1 saturated carbocycles. The van der Waals surface area contributed by atoms with Crippen molar-refractivity contribution in [2.75, 3.05) is 30.3 Å².